The monoisotopic (exact) mass is 447 g/mol. The van der Waals surface area contributed by atoms with E-state index in [-0.39, 0.29) is 12.3 Å². The molecule has 0 radical (unpaired) electrons. The van der Waals surface area contributed by atoms with Crippen molar-refractivity contribution in [2.75, 3.05) is 17.7 Å². The maximum absolute atomic E-state index is 13.0. The molecule has 32 heavy (non-hydrogen) atoms. The van der Waals surface area contributed by atoms with Crippen LogP contribution in [0.5, 0.6) is 0 Å². The van der Waals surface area contributed by atoms with Gasteiger partial charge in [0, 0.05) is 22.8 Å². The van der Waals surface area contributed by atoms with Gasteiger partial charge in [-0.2, -0.15) is 0 Å². The van der Waals surface area contributed by atoms with Crippen molar-refractivity contribution in [3.8, 4) is 0 Å². The molecule has 0 saturated heterocycles. The van der Waals surface area contributed by atoms with Gasteiger partial charge in [0.15, 0.2) is 0 Å². The fraction of sp³-hybridized carbons (Fsp3) is 0.120. The topological polar surface area (TPSA) is 90.5 Å². The van der Waals surface area contributed by atoms with Crippen molar-refractivity contribution in [1.29, 1.82) is 0 Å². The SMILES string of the molecule is CNCc1ccc(NC(=C2C(=O)Nc3cc(Cl)ccc32)c2cccc(CC(=O)O)c2)cc1. The van der Waals surface area contributed by atoms with E-state index in [2.05, 4.69) is 16.0 Å². The second-order valence-electron chi connectivity index (χ2n) is 7.52. The summed E-state index contributed by atoms with van der Waals surface area (Å²) in [6.07, 6.45) is -0.104. The normalized spacial score (nSPS) is 14.0. The number of carboxylic acids is 1. The second-order valence-corrected chi connectivity index (χ2v) is 7.95. The highest BCUT2D eigenvalue weighted by Crippen LogP contribution is 2.39. The molecular weight excluding hydrogens is 426 g/mol. The maximum Gasteiger partial charge on any atom is 0.307 e. The van der Waals surface area contributed by atoms with E-state index >= 15 is 0 Å². The molecule has 1 aliphatic rings. The van der Waals surface area contributed by atoms with Crippen molar-refractivity contribution in [3.63, 3.8) is 0 Å². The van der Waals surface area contributed by atoms with Gasteiger partial charge in [0.2, 0.25) is 0 Å². The number of halogens is 1. The lowest BCUT2D eigenvalue weighted by molar-refractivity contribution is -0.136. The number of benzene rings is 3. The first kappa shape index (κ1) is 21.6. The molecule has 1 heterocycles. The summed E-state index contributed by atoms with van der Waals surface area (Å²) in [7, 11) is 1.89. The number of aliphatic carboxylic acids is 1. The number of rotatable bonds is 7. The summed E-state index contributed by atoms with van der Waals surface area (Å²) in [4.78, 5) is 24.2. The van der Waals surface area contributed by atoms with Crippen LogP contribution in [0.15, 0.2) is 66.7 Å². The van der Waals surface area contributed by atoms with E-state index in [1.807, 2.05) is 43.4 Å². The first-order valence-corrected chi connectivity index (χ1v) is 10.5. The summed E-state index contributed by atoms with van der Waals surface area (Å²) in [5, 5.41) is 19.1. The zero-order valence-electron chi connectivity index (χ0n) is 17.4. The van der Waals surface area contributed by atoms with Crippen LogP contribution < -0.4 is 16.0 Å². The molecule has 0 aliphatic carbocycles. The van der Waals surface area contributed by atoms with E-state index in [1.165, 1.54) is 0 Å². The van der Waals surface area contributed by atoms with Crippen LogP contribution in [0.2, 0.25) is 5.02 Å². The highest BCUT2D eigenvalue weighted by molar-refractivity contribution is 6.38. The van der Waals surface area contributed by atoms with Gasteiger partial charge in [-0.05, 0) is 54.1 Å². The molecule has 0 saturated carbocycles. The van der Waals surface area contributed by atoms with Crippen molar-refractivity contribution in [1.82, 2.24) is 5.32 Å². The second kappa shape index (κ2) is 9.26. The van der Waals surface area contributed by atoms with Crippen molar-refractivity contribution < 1.29 is 14.7 Å². The fourth-order valence-corrected chi connectivity index (χ4v) is 3.91. The molecular formula is C25H22ClN3O3. The Morgan fingerprint density at radius 2 is 1.81 bits per heavy atom. The van der Waals surface area contributed by atoms with Gasteiger partial charge >= 0.3 is 5.97 Å². The van der Waals surface area contributed by atoms with Crippen molar-refractivity contribution in [3.05, 3.63) is 94.0 Å². The van der Waals surface area contributed by atoms with E-state index in [1.54, 1.807) is 30.3 Å². The van der Waals surface area contributed by atoms with Crippen LogP contribution in [0, 0.1) is 0 Å². The van der Waals surface area contributed by atoms with Crippen LogP contribution in [0.1, 0.15) is 22.3 Å². The van der Waals surface area contributed by atoms with E-state index in [4.69, 9.17) is 11.6 Å². The van der Waals surface area contributed by atoms with E-state index in [0.717, 1.165) is 28.9 Å². The van der Waals surface area contributed by atoms with Gasteiger partial charge in [0.05, 0.1) is 23.4 Å². The average molecular weight is 448 g/mol. The Morgan fingerprint density at radius 3 is 2.53 bits per heavy atom. The van der Waals surface area contributed by atoms with E-state index in [0.29, 0.717) is 27.5 Å². The third-order valence-electron chi connectivity index (χ3n) is 5.15. The molecule has 162 valence electrons. The maximum atomic E-state index is 13.0. The fourth-order valence-electron chi connectivity index (χ4n) is 3.74. The number of carboxylic acid groups (broad SMARTS) is 1. The molecule has 0 atom stereocenters. The zero-order valence-corrected chi connectivity index (χ0v) is 18.2. The Morgan fingerprint density at radius 1 is 1.03 bits per heavy atom. The number of anilines is 2. The van der Waals surface area contributed by atoms with Crippen LogP contribution in [-0.4, -0.2) is 24.0 Å². The minimum absolute atomic E-state index is 0.104. The third-order valence-corrected chi connectivity index (χ3v) is 5.39. The summed E-state index contributed by atoms with van der Waals surface area (Å²) in [6.45, 7) is 0.752. The van der Waals surface area contributed by atoms with Crippen LogP contribution in [0.4, 0.5) is 11.4 Å². The molecule has 0 aromatic heterocycles. The van der Waals surface area contributed by atoms with Gasteiger partial charge in [0.1, 0.15) is 0 Å². The molecule has 6 nitrogen and oxygen atoms in total. The molecule has 0 bridgehead atoms. The predicted octanol–water partition coefficient (Wildman–Crippen LogP) is 4.62. The van der Waals surface area contributed by atoms with Gasteiger partial charge in [-0.1, -0.05) is 48.0 Å². The standard InChI is InChI=1S/C25H22ClN3O3/c1-27-14-15-5-8-19(9-6-15)28-24(17-4-2-3-16(11-17)12-22(30)31)23-20-10-7-18(26)13-21(20)29-25(23)32/h2-11,13,27-28H,12,14H2,1H3,(H,29,32)(H,30,31). The molecule has 0 unspecified atom stereocenters. The zero-order chi connectivity index (χ0) is 22.7. The summed E-state index contributed by atoms with van der Waals surface area (Å²) in [6, 6.07) is 20.4. The number of carbonyl (C=O) groups is 2. The lowest BCUT2D eigenvalue weighted by Crippen LogP contribution is -2.11. The van der Waals surface area contributed by atoms with E-state index in [9.17, 15) is 14.7 Å². The van der Waals surface area contributed by atoms with Crippen LogP contribution >= 0.6 is 11.6 Å². The van der Waals surface area contributed by atoms with Gasteiger partial charge in [-0.3, -0.25) is 9.59 Å². The van der Waals surface area contributed by atoms with Crippen molar-refractivity contribution >= 4 is 46.1 Å². The van der Waals surface area contributed by atoms with E-state index < -0.39 is 5.97 Å². The summed E-state index contributed by atoms with van der Waals surface area (Å²) >= 11 is 6.11. The van der Waals surface area contributed by atoms with Crippen molar-refractivity contribution in [2.24, 2.45) is 0 Å². The largest absolute Gasteiger partial charge is 0.481 e. The van der Waals surface area contributed by atoms with Gasteiger partial charge < -0.3 is 21.1 Å². The number of hydrogen-bond acceptors (Lipinski definition) is 4. The Hall–Kier alpha value is -3.61. The Bertz CT molecular complexity index is 1220. The first-order chi connectivity index (χ1) is 15.4. The minimum Gasteiger partial charge on any atom is -0.481 e. The van der Waals surface area contributed by atoms with Crippen molar-refractivity contribution in [2.45, 2.75) is 13.0 Å². The average Bonchev–Trinajstić information content (AvgIpc) is 3.07. The molecule has 0 spiro atoms. The lowest BCUT2D eigenvalue weighted by atomic mass is 9.98. The lowest BCUT2D eigenvalue weighted by Gasteiger charge is -2.16. The molecule has 4 rings (SSSR count). The first-order valence-electron chi connectivity index (χ1n) is 10.1. The number of amides is 1. The molecule has 7 heteroatoms. The number of fused-ring (bicyclic) bond motifs is 1. The minimum atomic E-state index is -0.914. The third kappa shape index (κ3) is 4.66. The molecule has 1 aliphatic heterocycles. The Kier molecular flexibility index (Phi) is 6.25. The van der Waals surface area contributed by atoms with Crippen LogP contribution in [0.25, 0.3) is 11.3 Å². The summed E-state index contributed by atoms with van der Waals surface area (Å²) < 4.78 is 0. The van der Waals surface area contributed by atoms with Gasteiger partial charge in [0.25, 0.3) is 5.91 Å². The Labute approximate surface area is 190 Å². The summed E-state index contributed by atoms with van der Waals surface area (Å²) in [5.41, 5.74) is 5.76. The quantitative estimate of drug-likeness (QED) is 0.397. The highest BCUT2D eigenvalue weighted by Gasteiger charge is 2.28. The van der Waals surface area contributed by atoms with Gasteiger partial charge in [-0.15, -0.1) is 0 Å². The predicted molar refractivity (Wildman–Crippen MR) is 128 cm³/mol. The number of carbonyl (C=O) groups excluding carboxylic acids is 1. The van der Waals surface area contributed by atoms with Crippen LogP contribution in [-0.2, 0) is 22.6 Å². The van der Waals surface area contributed by atoms with Gasteiger partial charge in [-0.25, -0.2) is 0 Å². The highest BCUT2D eigenvalue weighted by atomic mass is 35.5. The molecule has 3 aromatic rings. The molecule has 3 aromatic carbocycles. The number of hydrogen-bond donors (Lipinski definition) is 4. The molecule has 1 amide bonds. The van der Waals surface area contributed by atoms with Crippen LogP contribution in [0.3, 0.4) is 0 Å². The number of nitrogens with one attached hydrogen (secondary N) is 3. The Balaban J connectivity index is 1.83. The smallest absolute Gasteiger partial charge is 0.307 e. The molecule has 4 N–H and O–H groups in total. The summed E-state index contributed by atoms with van der Waals surface area (Å²) in [5.74, 6) is -1.16. The molecule has 0 fully saturated rings.